The number of hydrogen-bond acceptors (Lipinski definition) is 6. The highest BCUT2D eigenvalue weighted by Gasteiger charge is 2.22. The summed E-state index contributed by atoms with van der Waals surface area (Å²) in [6.45, 7) is 1.73. The standard InChI is InChI=1S/C17H21N3OS2/c1-2-8-14-12(5-1)6-3-9-15(14)22-17-20-19-16(23-17)18-11-13-7-4-10-21-13/h1-2,5,8,13,15H,3-4,6-7,9-11H2,(H,18,19)/t13-,15-/m1/s1. The lowest BCUT2D eigenvalue weighted by atomic mass is 9.91. The van der Waals surface area contributed by atoms with Gasteiger partial charge in [0.05, 0.1) is 6.10 Å². The topological polar surface area (TPSA) is 47.0 Å². The number of anilines is 1. The van der Waals surface area contributed by atoms with Crippen molar-refractivity contribution >= 4 is 28.2 Å². The first kappa shape index (κ1) is 15.4. The summed E-state index contributed by atoms with van der Waals surface area (Å²) in [4.78, 5) is 0. The maximum Gasteiger partial charge on any atom is 0.206 e. The monoisotopic (exact) mass is 347 g/mol. The third-order valence-electron chi connectivity index (χ3n) is 4.47. The van der Waals surface area contributed by atoms with Crippen LogP contribution in [0.25, 0.3) is 0 Å². The average Bonchev–Trinajstić information content (AvgIpc) is 3.25. The van der Waals surface area contributed by atoms with Gasteiger partial charge in [-0.25, -0.2) is 0 Å². The van der Waals surface area contributed by atoms with E-state index in [4.69, 9.17) is 4.74 Å². The van der Waals surface area contributed by atoms with Gasteiger partial charge in [0.1, 0.15) is 0 Å². The molecule has 4 rings (SSSR count). The number of aromatic nitrogens is 2. The zero-order chi connectivity index (χ0) is 15.5. The van der Waals surface area contributed by atoms with E-state index in [-0.39, 0.29) is 0 Å². The number of aryl methyl sites for hydroxylation is 1. The summed E-state index contributed by atoms with van der Waals surface area (Å²) in [6.07, 6.45) is 6.34. The maximum absolute atomic E-state index is 5.63. The van der Waals surface area contributed by atoms with Crippen LogP contribution in [0.1, 0.15) is 42.1 Å². The molecule has 2 aliphatic rings. The Bertz CT molecular complexity index is 655. The molecule has 1 aliphatic carbocycles. The Kier molecular flexibility index (Phi) is 4.82. The lowest BCUT2D eigenvalue weighted by Crippen LogP contribution is -2.18. The van der Waals surface area contributed by atoms with Crippen molar-refractivity contribution in [1.82, 2.24) is 10.2 Å². The normalized spacial score (nSPS) is 23.7. The summed E-state index contributed by atoms with van der Waals surface area (Å²) in [5.74, 6) is 0. The number of benzene rings is 1. The molecule has 2 heterocycles. The average molecular weight is 348 g/mol. The number of rotatable bonds is 5. The van der Waals surface area contributed by atoms with E-state index in [0.29, 0.717) is 11.4 Å². The maximum atomic E-state index is 5.63. The molecule has 122 valence electrons. The second-order valence-electron chi connectivity index (χ2n) is 6.09. The minimum atomic E-state index is 0.334. The molecule has 0 bridgehead atoms. The van der Waals surface area contributed by atoms with E-state index in [1.165, 1.54) is 36.8 Å². The van der Waals surface area contributed by atoms with Crippen molar-refractivity contribution in [3.8, 4) is 0 Å². The molecular formula is C17H21N3OS2. The molecule has 4 nitrogen and oxygen atoms in total. The van der Waals surface area contributed by atoms with E-state index in [0.717, 1.165) is 29.0 Å². The number of fused-ring (bicyclic) bond motifs is 1. The molecule has 0 amide bonds. The van der Waals surface area contributed by atoms with Crippen LogP contribution in [0.2, 0.25) is 0 Å². The summed E-state index contributed by atoms with van der Waals surface area (Å²) in [5, 5.41) is 13.4. The highest BCUT2D eigenvalue weighted by Crippen LogP contribution is 2.44. The Labute approximate surface area is 145 Å². The Morgan fingerprint density at radius 1 is 1.22 bits per heavy atom. The van der Waals surface area contributed by atoms with Crippen molar-refractivity contribution in [1.29, 1.82) is 0 Å². The fourth-order valence-electron chi connectivity index (χ4n) is 3.29. The quantitative estimate of drug-likeness (QED) is 0.874. The summed E-state index contributed by atoms with van der Waals surface area (Å²) < 4.78 is 6.69. The molecule has 2 aromatic rings. The van der Waals surface area contributed by atoms with E-state index in [9.17, 15) is 0 Å². The van der Waals surface area contributed by atoms with Crippen molar-refractivity contribution in [3.05, 3.63) is 35.4 Å². The molecule has 0 unspecified atom stereocenters. The molecule has 1 aliphatic heterocycles. The number of thioether (sulfide) groups is 1. The van der Waals surface area contributed by atoms with E-state index in [1.54, 1.807) is 11.3 Å². The fourth-order valence-corrected chi connectivity index (χ4v) is 5.52. The van der Waals surface area contributed by atoms with Crippen molar-refractivity contribution in [3.63, 3.8) is 0 Å². The predicted molar refractivity (Wildman–Crippen MR) is 95.4 cm³/mol. The number of nitrogens with one attached hydrogen (secondary N) is 1. The smallest absolute Gasteiger partial charge is 0.206 e. The Balaban J connectivity index is 1.38. The van der Waals surface area contributed by atoms with Gasteiger partial charge in [-0.3, -0.25) is 0 Å². The zero-order valence-electron chi connectivity index (χ0n) is 13.0. The van der Waals surface area contributed by atoms with Gasteiger partial charge < -0.3 is 10.1 Å². The second kappa shape index (κ2) is 7.20. The SMILES string of the molecule is c1ccc2c(c1)CCC[C@H]2Sc1nnc(NC[C@H]2CCCO2)s1. The van der Waals surface area contributed by atoms with Crippen molar-refractivity contribution < 1.29 is 4.74 Å². The zero-order valence-corrected chi connectivity index (χ0v) is 14.7. The van der Waals surface area contributed by atoms with Crippen LogP contribution in [0.15, 0.2) is 28.6 Å². The molecule has 1 aromatic carbocycles. The Hall–Kier alpha value is -1.11. The van der Waals surface area contributed by atoms with Gasteiger partial charge in [0, 0.05) is 18.4 Å². The fraction of sp³-hybridized carbons (Fsp3) is 0.529. The van der Waals surface area contributed by atoms with Gasteiger partial charge in [0.2, 0.25) is 5.13 Å². The van der Waals surface area contributed by atoms with Gasteiger partial charge >= 0.3 is 0 Å². The van der Waals surface area contributed by atoms with Crippen molar-refractivity contribution in [2.45, 2.75) is 47.8 Å². The van der Waals surface area contributed by atoms with E-state index in [2.05, 4.69) is 39.8 Å². The lowest BCUT2D eigenvalue weighted by Gasteiger charge is -2.23. The number of nitrogens with zero attached hydrogens (tertiary/aromatic N) is 2. The van der Waals surface area contributed by atoms with Gasteiger partial charge in [-0.2, -0.15) is 0 Å². The van der Waals surface area contributed by atoms with Gasteiger partial charge in [-0.05, 0) is 43.2 Å². The Morgan fingerprint density at radius 2 is 2.17 bits per heavy atom. The van der Waals surface area contributed by atoms with E-state index < -0.39 is 0 Å². The third kappa shape index (κ3) is 3.70. The molecule has 23 heavy (non-hydrogen) atoms. The first-order valence-electron chi connectivity index (χ1n) is 8.32. The number of ether oxygens (including phenoxy) is 1. The van der Waals surface area contributed by atoms with Gasteiger partial charge in [0.15, 0.2) is 4.34 Å². The van der Waals surface area contributed by atoms with Crippen LogP contribution in [0.4, 0.5) is 5.13 Å². The summed E-state index contributed by atoms with van der Waals surface area (Å²) in [6, 6.07) is 8.82. The van der Waals surface area contributed by atoms with Gasteiger partial charge in [-0.15, -0.1) is 10.2 Å². The van der Waals surface area contributed by atoms with Crippen LogP contribution in [-0.4, -0.2) is 29.5 Å². The van der Waals surface area contributed by atoms with Crippen LogP contribution >= 0.6 is 23.1 Å². The molecule has 2 atom stereocenters. The largest absolute Gasteiger partial charge is 0.376 e. The molecule has 0 saturated carbocycles. The lowest BCUT2D eigenvalue weighted by molar-refractivity contribution is 0.120. The molecular weight excluding hydrogens is 326 g/mol. The molecule has 1 fully saturated rings. The first-order chi connectivity index (χ1) is 11.4. The molecule has 1 N–H and O–H groups in total. The molecule has 1 saturated heterocycles. The van der Waals surface area contributed by atoms with Gasteiger partial charge in [-0.1, -0.05) is 47.4 Å². The van der Waals surface area contributed by atoms with Gasteiger partial charge in [0.25, 0.3) is 0 Å². The second-order valence-corrected chi connectivity index (χ2v) is 8.51. The summed E-state index contributed by atoms with van der Waals surface area (Å²) in [5.41, 5.74) is 2.98. The highest BCUT2D eigenvalue weighted by molar-refractivity contribution is 8.01. The minimum Gasteiger partial charge on any atom is -0.376 e. The van der Waals surface area contributed by atoms with E-state index >= 15 is 0 Å². The van der Waals surface area contributed by atoms with Crippen LogP contribution in [-0.2, 0) is 11.2 Å². The van der Waals surface area contributed by atoms with Crippen molar-refractivity contribution in [2.75, 3.05) is 18.5 Å². The van der Waals surface area contributed by atoms with Crippen molar-refractivity contribution in [2.24, 2.45) is 0 Å². The molecule has 6 heteroatoms. The summed E-state index contributed by atoms with van der Waals surface area (Å²) >= 11 is 3.52. The predicted octanol–water partition coefficient (Wildman–Crippen LogP) is 4.30. The third-order valence-corrected chi connectivity index (χ3v) is 6.74. The van der Waals surface area contributed by atoms with Crippen LogP contribution < -0.4 is 5.32 Å². The van der Waals surface area contributed by atoms with Crippen LogP contribution in [0.5, 0.6) is 0 Å². The Morgan fingerprint density at radius 3 is 3.09 bits per heavy atom. The summed E-state index contributed by atoms with van der Waals surface area (Å²) in [7, 11) is 0. The van der Waals surface area contributed by atoms with Crippen LogP contribution in [0.3, 0.4) is 0 Å². The minimum absolute atomic E-state index is 0.334. The first-order valence-corrected chi connectivity index (χ1v) is 10.0. The molecule has 0 spiro atoms. The molecule has 1 aromatic heterocycles. The van der Waals surface area contributed by atoms with Crippen LogP contribution in [0, 0.1) is 0 Å². The number of hydrogen-bond donors (Lipinski definition) is 1. The van der Waals surface area contributed by atoms with E-state index in [1.807, 2.05) is 11.8 Å². The molecule has 0 radical (unpaired) electrons. The highest BCUT2D eigenvalue weighted by atomic mass is 32.2.